The molecular formula is C16H23FN2O2. The zero-order valence-electron chi connectivity index (χ0n) is 12.4. The Balaban J connectivity index is 1.92. The van der Waals surface area contributed by atoms with Gasteiger partial charge in [0.1, 0.15) is 5.82 Å². The van der Waals surface area contributed by atoms with E-state index >= 15 is 0 Å². The molecule has 0 bridgehead atoms. The molecule has 1 fully saturated rings. The Morgan fingerprint density at radius 1 is 1.33 bits per heavy atom. The van der Waals surface area contributed by atoms with E-state index in [1.54, 1.807) is 17.0 Å². The van der Waals surface area contributed by atoms with E-state index in [9.17, 15) is 9.18 Å². The van der Waals surface area contributed by atoms with E-state index in [0.29, 0.717) is 19.6 Å². The van der Waals surface area contributed by atoms with Crippen molar-refractivity contribution in [3.63, 3.8) is 0 Å². The highest BCUT2D eigenvalue weighted by Crippen LogP contribution is 2.47. The van der Waals surface area contributed by atoms with Crippen molar-refractivity contribution in [2.75, 3.05) is 26.2 Å². The van der Waals surface area contributed by atoms with Crippen molar-refractivity contribution < 1.29 is 14.3 Å². The van der Waals surface area contributed by atoms with Crippen LogP contribution in [0.5, 0.6) is 0 Å². The first kappa shape index (κ1) is 15.8. The summed E-state index contributed by atoms with van der Waals surface area (Å²) in [5.74, 6) is -0.240. The third-order valence-electron chi connectivity index (χ3n) is 4.04. The lowest BCUT2D eigenvalue weighted by molar-refractivity contribution is 0.176. The van der Waals surface area contributed by atoms with Gasteiger partial charge in [0.15, 0.2) is 0 Å². The molecule has 1 aliphatic carbocycles. The molecule has 0 spiro atoms. The summed E-state index contributed by atoms with van der Waals surface area (Å²) in [6.07, 6.45) is 2.87. The number of amides is 2. The summed E-state index contributed by atoms with van der Waals surface area (Å²) in [7, 11) is 0. The molecular weight excluding hydrogens is 271 g/mol. The Morgan fingerprint density at radius 2 is 2.00 bits per heavy atom. The molecule has 1 aliphatic rings. The van der Waals surface area contributed by atoms with Gasteiger partial charge in [0.2, 0.25) is 0 Å². The predicted molar refractivity (Wildman–Crippen MR) is 79.7 cm³/mol. The van der Waals surface area contributed by atoms with Gasteiger partial charge in [-0.15, -0.1) is 0 Å². The number of hydrogen-bond acceptors (Lipinski definition) is 2. The average Bonchev–Trinajstić information content (AvgIpc) is 3.26. The third-order valence-corrected chi connectivity index (χ3v) is 4.04. The minimum atomic E-state index is -0.240. The molecule has 2 rings (SSSR count). The number of nitrogens with one attached hydrogen (secondary N) is 1. The normalized spacial score (nSPS) is 15.6. The molecule has 21 heavy (non-hydrogen) atoms. The number of hydrogen-bond donors (Lipinski definition) is 2. The molecule has 1 saturated carbocycles. The first-order valence-corrected chi connectivity index (χ1v) is 7.51. The van der Waals surface area contributed by atoms with Crippen molar-refractivity contribution in [1.82, 2.24) is 10.2 Å². The largest absolute Gasteiger partial charge is 0.395 e. The number of carbonyl (C=O) groups is 1. The lowest BCUT2D eigenvalue weighted by Crippen LogP contribution is -2.44. The topological polar surface area (TPSA) is 52.6 Å². The Labute approximate surface area is 125 Å². The quantitative estimate of drug-likeness (QED) is 0.810. The Bertz CT molecular complexity index is 466. The molecule has 0 atom stereocenters. The molecule has 5 heteroatoms. The van der Waals surface area contributed by atoms with Crippen LogP contribution in [-0.2, 0) is 5.41 Å². The van der Waals surface area contributed by atoms with E-state index in [1.807, 2.05) is 6.92 Å². The number of nitrogens with zero attached hydrogens (tertiary/aromatic N) is 1. The van der Waals surface area contributed by atoms with Gasteiger partial charge in [0, 0.05) is 25.0 Å². The maximum absolute atomic E-state index is 13.0. The van der Waals surface area contributed by atoms with E-state index in [1.165, 1.54) is 12.1 Å². The minimum Gasteiger partial charge on any atom is -0.395 e. The van der Waals surface area contributed by atoms with E-state index in [-0.39, 0.29) is 23.9 Å². The van der Waals surface area contributed by atoms with Crippen molar-refractivity contribution >= 4 is 6.03 Å². The molecule has 0 saturated heterocycles. The zero-order chi connectivity index (χ0) is 15.3. The van der Waals surface area contributed by atoms with Gasteiger partial charge >= 0.3 is 6.03 Å². The van der Waals surface area contributed by atoms with Crippen molar-refractivity contribution in [3.8, 4) is 0 Å². The molecule has 2 N–H and O–H groups in total. The van der Waals surface area contributed by atoms with Gasteiger partial charge in [-0.1, -0.05) is 19.1 Å². The van der Waals surface area contributed by atoms with E-state index in [4.69, 9.17) is 5.11 Å². The van der Waals surface area contributed by atoms with Gasteiger partial charge in [-0.25, -0.2) is 9.18 Å². The summed E-state index contributed by atoms with van der Waals surface area (Å²) in [5, 5.41) is 11.9. The van der Waals surface area contributed by atoms with E-state index in [0.717, 1.165) is 24.8 Å². The smallest absolute Gasteiger partial charge is 0.317 e. The predicted octanol–water partition coefficient (Wildman–Crippen LogP) is 2.27. The molecule has 0 radical (unpaired) electrons. The van der Waals surface area contributed by atoms with Crippen LogP contribution >= 0.6 is 0 Å². The lowest BCUT2D eigenvalue weighted by atomic mass is 9.96. The minimum absolute atomic E-state index is 0.0312. The van der Waals surface area contributed by atoms with Crippen LogP contribution in [0.4, 0.5) is 9.18 Å². The summed E-state index contributed by atoms with van der Waals surface area (Å²) >= 11 is 0. The molecule has 0 aromatic heterocycles. The molecule has 4 nitrogen and oxygen atoms in total. The number of halogens is 1. The van der Waals surface area contributed by atoms with Crippen LogP contribution in [0, 0.1) is 5.82 Å². The van der Waals surface area contributed by atoms with Gasteiger partial charge in [0.05, 0.1) is 6.61 Å². The summed E-state index contributed by atoms with van der Waals surface area (Å²) in [6.45, 7) is 3.51. The van der Waals surface area contributed by atoms with Crippen molar-refractivity contribution in [2.45, 2.75) is 31.6 Å². The summed E-state index contributed by atoms with van der Waals surface area (Å²) in [6, 6.07) is 6.39. The number of benzene rings is 1. The SMILES string of the molecule is CCCN(CCO)C(=O)NCC1(c2ccc(F)cc2)CC1. The first-order chi connectivity index (χ1) is 10.1. The number of aliphatic hydroxyl groups is 1. The van der Waals surface area contributed by atoms with Crippen molar-refractivity contribution in [3.05, 3.63) is 35.6 Å². The zero-order valence-corrected chi connectivity index (χ0v) is 12.4. The molecule has 116 valence electrons. The lowest BCUT2D eigenvalue weighted by Gasteiger charge is -2.24. The van der Waals surface area contributed by atoms with Crippen LogP contribution in [0.2, 0.25) is 0 Å². The number of rotatable bonds is 7. The summed E-state index contributed by atoms with van der Waals surface area (Å²) < 4.78 is 13.0. The van der Waals surface area contributed by atoms with Crippen LogP contribution in [0.25, 0.3) is 0 Å². The molecule has 1 aromatic rings. The molecule has 0 aliphatic heterocycles. The van der Waals surface area contributed by atoms with Crippen LogP contribution in [-0.4, -0.2) is 42.3 Å². The molecule has 1 aromatic carbocycles. The highest BCUT2D eigenvalue weighted by Gasteiger charge is 2.44. The second-order valence-corrected chi connectivity index (χ2v) is 5.66. The van der Waals surface area contributed by atoms with E-state index in [2.05, 4.69) is 5.32 Å². The molecule has 0 unspecified atom stereocenters. The average molecular weight is 294 g/mol. The van der Waals surface area contributed by atoms with Gasteiger partial charge in [0.25, 0.3) is 0 Å². The second-order valence-electron chi connectivity index (χ2n) is 5.66. The molecule has 0 heterocycles. The molecule has 2 amide bonds. The summed E-state index contributed by atoms with van der Waals surface area (Å²) in [5.41, 5.74) is 1.04. The van der Waals surface area contributed by atoms with Crippen LogP contribution < -0.4 is 5.32 Å². The Hall–Kier alpha value is -1.62. The first-order valence-electron chi connectivity index (χ1n) is 7.51. The van der Waals surface area contributed by atoms with Crippen molar-refractivity contribution in [1.29, 1.82) is 0 Å². The number of urea groups is 1. The monoisotopic (exact) mass is 294 g/mol. The van der Waals surface area contributed by atoms with Gasteiger partial charge in [-0.05, 0) is 37.0 Å². The van der Waals surface area contributed by atoms with Crippen LogP contribution in [0.3, 0.4) is 0 Å². The maximum Gasteiger partial charge on any atom is 0.317 e. The third kappa shape index (κ3) is 3.94. The van der Waals surface area contributed by atoms with E-state index < -0.39 is 0 Å². The Kier molecular flexibility index (Phi) is 5.17. The second kappa shape index (κ2) is 6.89. The van der Waals surface area contributed by atoms with Crippen LogP contribution in [0.15, 0.2) is 24.3 Å². The fourth-order valence-electron chi connectivity index (χ4n) is 2.58. The van der Waals surface area contributed by atoms with Gasteiger partial charge < -0.3 is 15.3 Å². The highest BCUT2D eigenvalue weighted by atomic mass is 19.1. The van der Waals surface area contributed by atoms with Crippen LogP contribution in [0.1, 0.15) is 31.7 Å². The van der Waals surface area contributed by atoms with Gasteiger partial charge in [-0.2, -0.15) is 0 Å². The summed E-state index contributed by atoms with van der Waals surface area (Å²) in [4.78, 5) is 13.8. The number of aliphatic hydroxyl groups excluding tert-OH is 1. The Morgan fingerprint density at radius 3 is 2.52 bits per heavy atom. The van der Waals surface area contributed by atoms with Crippen molar-refractivity contribution in [2.24, 2.45) is 0 Å². The fourth-order valence-corrected chi connectivity index (χ4v) is 2.58. The van der Waals surface area contributed by atoms with Gasteiger partial charge in [-0.3, -0.25) is 0 Å². The number of carbonyl (C=O) groups excluding carboxylic acids is 1. The standard InChI is InChI=1S/C16H23FN2O2/c1-2-9-19(10-11-20)15(21)18-12-16(7-8-16)13-3-5-14(17)6-4-13/h3-6,20H,2,7-12H2,1H3,(H,18,21). The maximum atomic E-state index is 13.0. The highest BCUT2D eigenvalue weighted by molar-refractivity contribution is 5.74. The fraction of sp³-hybridized carbons (Fsp3) is 0.562.